The molecule has 10 heteroatoms. The summed E-state index contributed by atoms with van der Waals surface area (Å²) >= 11 is 0. The Morgan fingerprint density at radius 2 is 1.11 bits per heavy atom. The summed E-state index contributed by atoms with van der Waals surface area (Å²) in [4.78, 5) is 0.0610. The molecule has 28 heavy (non-hydrogen) atoms. The van der Waals surface area contributed by atoms with Gasteiger partial charge < -0.3 is 0 Å². The van der Waals surface area contributed by atoms with Crippen molar-refractivity contribution in [2.75, 3.05) is 0 Å². The Hall–Kier alpha value is -0.000000000000000222. The zero-order valence-corrected chi connectivity index (χ0v) is 17.5. The number of aryl methyl sites for hydroxylation is 1. The topological polar surface area (TPSA) is 129 Å². The van der Waals surface area contributed by atoms with Crippen LogP contribution in [-0.4, -0.2) is 60.1 Å². The van der Waals surface area contributed by atoms with Crippen LogP contribution in [0.2, 0.25) is 0 Å². The van der Waals surface area contributed by atoms with Gasteiger partial charge in [-0.1, -0.05) is 82.9 Å². The second-order valence-corrected chi connectivity index (χ2v) is 8.75. The molecule has 0 aliphatic rings. The van der Waals surface area contributed by atoms with Crippen LogP contribution in [-0.2, 0) is 26.9 Å². The summed E-state index contributed by atoms with van der Waals surface area (Å²) in [5, 5.41) is 0. The van der Waals surface area contributed by atoms with Crippen molar-refractivity contribution in [3.05, 3.63) is 29.8 Å². The van der Waals surface area contributed by atoms with E-state index in [1.807, 2.05) is 6.07 Å². The molecule has 0 aromatic heterocycles. The van der Waals surface area contributed by atoms with Crippen molar-refractivity contribution in [3.8, 4) is 0 Å². The standard InChI is InChI=1S/C18H30O3S.Na.H2O4S.H/c1-2-3-4-5-6-7-8-9-10-11-14-17-15-12-13-16-18(17)22(19,20)21;;1-5(2,3)4;/h12-13,15-16H,2-11,14H2,1H3,(H,19,20,21);;(H2,1,2,3,4);. The van der Waals surface area contributed by atoms with Gasteiger partial charge in [0.15, 0.2) is 0 Å². The monoisotopic (exact) mass is 448 g/mol. The Morgan fingerprint density at radius 3 is 1.54 bits per heavy atom. The molecule has 0 spiro atoms. The Labute approximate surface area is 191 Å². The molecule has 1 aromatic rings. The van der Waals surface area contributed by atoms with Crippen LogP contribution in [0.5, 0.6) is 0 Å². The van der Waals surface area contributed by atoms with Gasteiger partial charge in [-0.05, 0) is 24.5 Å². The molecule has 0 unspecified atom stereocenters. The van der Waals surface area contributed by atoms with Crippen molar-refractivity contribution in [2.24, 2.45) is 0 Å². The van der Waals surface area contributed by atoms with E-state index in [1.165, 1.54) is 57.4 Å². The Balaban J connectivity index is 0. The van der Waals surface area contributed by atoms with Crippen molar-refractivity contribution in [2.45, 2.75) is 82.4 Å². The third kappa shape index (κ3) is 19.3. The maximum atomic E-state index is 11.3. The average Bonchev–Trinajstić information content (AvgIpc) is 2.54. The summed E-state index contributed by atoms with van der Waals surface area (Å²) in [5.74, 6) is 0. The van der Waals surface area contributed by atoms with Crippen LogP contribution in [0.3, 0.4) is 0 Å². The van der Waals surface area contributed by atoms with Gasteiger partial charge in [0.2, 0.25) is 0 Å². The summed E-state index contributed by atoms with van der Waals surface area (Å²) in [5.41, 5.74) is 0.726. The normalized spacial score (nSPS) is 11.3. The molecule has 7 nitrogen and oxygen atoms in total. The Kier molecular flexibility index (Phi) is 18.1. The molecule has 0 atom stereocenters. The molecule has 0 bridgehead atoms. The van der Waals surface area contributed by atoms with Crippen molar-refractivity contribution < 1.29 is 30.5 Å². The van der Waals surface area contributed by atoms with E-state index in [9.17, 15) is 13.0 Å². The van der Waals surface area contributed by atoms with Crippen LogP contribution >= 0.6 is 0 Å². The summed E-state index contributed by atoms with van der Waals surface area (Å²) in [6, 6.07) is 6.73. The van der Waals surface area contributed by atoms with Gasteiger partial charge in [-0.3, -0.25) is 13.7 Å². The first kappa shape index (κ1) is 30.2. The first-order valence-electron chi connectivity index (χ1n) is 9.31. The third-order valence-electron chi connectivity index (χ3n) is 4.05. The summed E-state index contributed by atoms with van der Waals surface area (Å²) in [6.45, 7) is 2.24. The summed E-state index contributed by atoms with van der Waals surface area (Å²) in [7, 11) is -8.76. The fourth-order valence-corrected chi connectivity index (χ4v) is 3.52. The van der Waals surface area contributed by atoms with Crippen LogP contribution < -0.4 is 0 Å². The zero-order valence-electron chi connectivity index (χ0n) is 15.9. The summed E-state index contributed by atoms with van der Waals surface area (Å²) < 4.78 is 63.4. The van der Waals surface area contributed by atoms with E-state index in [1.54, 1.807) is 12.1 Å². The third-order valence-corrected chi connectivity index (χ3v) is 5.00. The first-order valence-corrected chi connectivity index (χ1v) is 12.1. The SMILES string of the molecule is CCCCCCCCCCCCc1ccccc1S(=O)(=O)O.O=S(=O)(O)O.[NaH]. The fraction of sp³-hybridized carbons (Fsp3) is 0.667. The molecule has 0 aliphatic carbocycles. The number of hydrogen-bond acceptors (Lipinski definition) is 4. The van der Waals surface area contributed by atoms with Crippen LogP contribution in [0, 0.1) is 0 Å². The predicted molar refractivity (Wildman–Crippen MR) is 113 cm³/mol. The first-order chi connectivity index (χ1) is 12.6. The molecular formula is C18H33NaO7S2. The van der Waals surface area contributed by atoms with Crippen molar-refractivity contribution in [3.63, 3.8) is 0 Å². The van der Waals surface area contributed by atoms with Crippen LogP contribution in [0.25, 0.3) is 0 Å². The molecule has 160 valence electrons. The molecule has 3 N–H and O–H groups in total. The van der Waals surface area contributed by atoms with Gasteiger partial charge in [0.1, 0.15) is 0 Å². The number of unbranched alkanes of at least 4 members (excludes halogenated alkanes) is 9. The van der Waals surface area contributed by atoms with Crippen molar-refractivity contribution in [1.82, 2.24) is 0 Å². The number of hydrogen-bond donors (Lipinski definition) is 3. The quantitative estimate of drug-likeness (QED) is 0.249. The van der Waals surface area contributed by atoms with Gasteiger partial charge in [-0.15, -0.1) is 0 Å². The number of benzene rings is 1. The second-order valence-electron chi connectivity index (χ2n) is 6.46. The molecule has 1 aromatic carbocycles. The number of rotatable bonds is 12. The minimum atomic E-state index is -4.67. The van der Waals surface area contributed by atoms with Crippen LogP contribution in [0.4, 0.5) is 0 Å². The van der Waals surface area contributed by atoms with E-state index in [0.717, 1.165) is 18.4 Å². The zero-order chi connectivity index (χ0) is 20.8. The fourth-order valence-electron chi connectivity index (χ4n) is 2.76. The van der Waals surface area contributed by atoms with E-state index < -0.39 is 20.5 Å². The molecule has 0 aliphatic heterocycles. The van der Waals surface area contributed by atoms with Crippen LogP contribution in [0.15, 0.2) is 29.2 Å². The minimum absolute atomic E-state index is 0. The van der Waals surface area contributed by atoms with E-state index in [2.05, 4.69) is 6.92 Å². The van der Waals surface area contributed by atoms with Gasteiger partial charge in [0, 0.05) is 0 Å². The van der Waals surface area contributed by atoms with Crippen molar-refractivity contribution in [1.29, 1.82) is 0 Å². The maximum absolute atomic E-state index is 11.3. The molecule has 0 radical (unpaired) electrons. The van der Waals surface area contributed by atoms with Crippen LogP contribution in [0.1, 0.15) is 76.7 Å². The van der Waals surface area contributed by atoms with E-state index in [-0.39, 0.29) is 34.5 Å². The average molecular weight is 449 g/mol. The van der Waals surface area contributed by atoms with Gasteiger partial charge >= 0.3 is 40.0 Å². The molecule has 1 rings (SSSR count). The van der Waals surface area contributed by atoms with Gasteiger partial charge in [-0.2, -0.15) is 16.8 Å². The van der Waals surface area contributed by atoms with E-state index >= 15 is 0 Å². The predicted octanol–water partition coefficient (Wildman–Crippen LogP) is 4.10. The molecule has 0 amide bonds. The van der Waals surface area contributed by atoms with E-state index in [0.29, 0.717) is 6.42 Å². The van der Waals surface area contributed by atoms with Crippen molar-refractivity contribution >= 4 is 50.1 Å². The Bertz CT molecular complexity index is 711. The molecule has 0 saturated carbocycles. The Morgan fingerprint density at radius 1 is 0.714 bits per heavy atom. The second kappa shape index (κ2) is 16.8. The van der Waals surface area contributed by atoms with Gasteiger partial charge in [-0.25, -0.2) is 0 Å². The molecular weight excluding hydrogens is 415 g/mol. The van der Waals surface area contributed by atoms with Gasteiger partial charge in [0.25, 0.3) is 10.1 Å². The molecule has 0 saturated heterocycles. The summed E-state index contributed by atoms with van der Waals surface area (Å²) in [6.07, 6.45) is 13.3. The van der Waals surface area contributed by atoms with Gasteiger partial charge in [0.05, 0.1) is 4.90 Å². The van der Waals surface area contributed by atoms with E-state index in [4.69, 9.17) is 17.5 Å². The molecule has 0 heterocycles. The molecule has 0 fully saturated rings.